The maximum absolute atomic E-state index is 13.4. The maximum Gasteiger partial charge on any atom is 0.163 e. The molecule has 2 aliphatic rings. The van der Waals surface area contributed by atoms with Crippen LogP contribution in [-0.2, 0) is 19.1 Å². The Bertz CT molecular complexity index is 2510. The van der Waals surface area contributed by atoms with Gasteiger partial charge in [-0.05, 0) is 89.8 Å². The lowest BCUT2D eigenvalue weighted by Gasteiger charge is -2.13. The summed E-state index contributed by atoms with van der Waals surface area (Å²) in [5.41, 5.74) is 7.90. The zero-order valence-electron chi connectivity index (χ0n) is 35.6. The van der Waals surface area contributed by atoms with Crippen LogP contribution in [0.3, 0.4) is 0 Å². The average Bonchev–Trinajstić information content (AvgIpc) is 3.94. The highest BCUT2D eigenvalue weighted by atomic mass is 35.5. The molecule has 0 amide bonds. The SMILES string of the molecule is Cc1sc2c(c1C)C(c1ccc(Cl)cc1)=NC(CC(=O)CCCOCCOCCCC(=O)CC1N=C(c3ccc(Cl)cc3)c3c(sc(C)c3C)-n3c(C)nnc31)c1nnc(C)n1-2. The second-order valence-electron chi connectivity index (χ2n) is 15.7. The zero-order chi connectivity index (χ0) is 43.7. The third-order valence-corrected chi connectivity index (χ3v) is 14.3. The number of carbonyl (C=O) groups excluding carboxylic acids is 2. The predicted molar refractivity (Wildman–Crippen MR) is 246 cm³/mol. The molecule has 2 aromatic carbocycles. The highest BCUT2D eigenvalue weighted by Crippen LogP contribution is 2.41. The van der Waals surface area contributed by atoms with E-state index in [1.807, 2.05) is 62.4 Å². The number of aryl methyl sites for hydroxylation is 4. The number of ether oxygens (including phenoxy) is 2. The maximum atomic E-state index is 13.4. The molecule has 322 valence electrons. The summed E-state index contributed by atoms with van der Waals surface area (Å²) in [5.74, 6) is 3.01. The minimum absolute atomic E-state index is 0.0801. The van der Waals surface area contributed by atoms with Gasteiger partial charge in [0.15, 0.2) is 11.6 Å². The number of hydrogen-bond donors (Lipinski definition) is 0. The minimum Gasteiger partial charge on any atom is -0.379 e. The predicted octanol–water partition coefficient (Wildman–Crippen LogP) is 10.1. The second kappa shape index (κ2) is 19.0. The number of halogens is 2. The smallest absolute Gasteiger partial charge is 0.163 e. The monoisotopic (exact) mass is 910 g/mol. The number of carbonyl (C=O) groups is 2. The van der Waals surface area contributed by atoms with Crippen LogP contribution >= 0.6 is 45.9 Å². The van der Waals surface area contributed by atoms with E-state index in [0.717, 1.165) is 66.5 Å². The fourth-order valence-corrected chi connectivity index (χ4v) is 10.6. The third-order valence-electron chi connectivity index (χ3n) is 11.4. The molecule has 0 bridgehead atoms. The van der Waals surface area contributed by atoms with Crippen LogP contribution in [0.4, 0.5) is 0 Å². The molecule has 0 fully saturated rings. The number of aliphatic imine (C=N–C) groups is 2. The first kappa shape index (κ1) is 43.9. The van der Waals surface area contributed by atoms with E-state index in [9.17, 15) is 9.59 Å². The molecule has 12 nitrogen and oxygen atoms in total. The summed E-state index contributed by atoms with van der Waals surface area (Å²) in [6.07, 6.45) is 2.27. The second-order valence-corrected chi connectivity index (χ2v) is 19.0. The van der Waals surface area contributed by atoms with Gasteiger partial charge in [0.05, 0.1) is 24.6 Å². The molecule has 0 N–H and O–H groups in total. The van der Waals surface area contributed by atoms with Crippen molar-refractivity contribution in [2.45, 2.75) is 92.2 Å². The van der Waals surface area contributed by atoms with Crippen LogP contribution in [-0.4, -0.2) is 78.9 Å². The van der Waals surface area contributed by atoms with Gasteiger partial charge < -0.3 is 9.47 Å². The van der Waals surface area contributed by atoms with Crippen molar-refractivity contribution in [2.24, 2.45) is 9.98 Å². The summed E-state index contributed by atoms with van der Waals surface area (Å²) < 4.78 is 15.7. The molecule has 0 saturated heterocycles. The van der Waals surface area contributed by atoms with Crippen LogP contribution in [0.25, 0.3) is 10.0 Å². The summed E-state index contributed by atoms with van der Waals surface area (Å²) in [4.78, 5) is 39.6. The van der Waals surface area contributed by atoms with Crippen molar-refractivity contribution < 1.29 is 19.1 Å². The van der Waals surface area contributed by atoms with Crippen molar-refractivity contribution in [3.63, 3.8) is 0 Å². The van der Waals surface area contributed by atoms with Gasteiger partial charge in [0.2, 0.25) is 0 Å². The quantitative estimate of drug-likeness (QED) is 0.0825. The average molecular weight is 912 g/mol. The van der Waals surface area contributed by atoms with Crippen LogP contribution in [0.5, 0.6) is 0 Å². The van der Waals surface area contributed by atoms with Gasteiger partial charge in [-0.1, -0.05) is 47.5 Å². The Morgan fingerprint density at radius 2 is 0.968 bits per heavy atom. The summed E-state index contributed by atoms with van der Waals surface area (Å²) in [6, 6.07) is 14.4. The first-order valence-electron chi connectivity index (χ1n) is 20.8. The van der Waals surface area contributed by atoms with E-state index in [-0.39, 0.29) is 24.4 Å². The van der Waals surface area contributed by atoms with E-state index >= 15 is 0 Å². The highest BCUT2D eigenvalue weighted by Gasteiger charge is 2.34. The minimum atomic E-state index is -0.492. The van der Waals surface area contributed by atoms with Crippen molar-refractivity contribution in [2.75, 3.05) is 26.4 Å². The number of hydrogen-bond acceptors (Lipinski definition) is 12. The Labute approximate surface area is 379 Å². The Morgan fingerprint density at radius 3 is 1.35 bits per heavy atom. The van der Waals surface area contributed by atoms with E-state index < -0.39 is 12.1 Å². The normalized spacial score (nSPS) is 15.5. The fourth-order valence-electron chi connectivity index (χ4n) is 7.97. The highest BCUT2D eigenvalue weighted by molar-refractivity contribution is 7.15. The number of benzene rings is 2. The number of nitrogens with zero attached hydrogens (tertiary/aromatic N) is 8. The molecule has 8 rings (SSSR count). The van der Waals surface area contributed by atoms with Crippen LogP contribution in [0, 0.1) is 41.5 Å². The van der Waals surface area contributed by atoms with Crippen molar-refractivity contribution in [3.05, 3.63) is 125 Å². The van der Waals surface area contributed by atoms with E-state index in [4.69, 9.17) is 42.7 Å². The molecule has 0 spiro atoms. The fraction of sp³-hybridized carbons (Fsp3) is 0.391. The summed E-state index contributed by atoms with van der Waals surface area (Å²) in [6.45, 7) is 13.9. The lowest BCUT2D eigenvalue weighted by molar-refractivity contribution is -0.120. The Hall–Kier alpha value is -4.70. The van der Waals surface area contributed by atoms with Crippen LogP contribution in [0.1, 0.15) is 117 Å². The van der Waals surface area contributed by atoms with Gasteiger partial charge in [-0.2, -0.15) is 0 Å². The van der Waals surface area contributed by atoms with Crippen molar-refractivity contribution in [1.29, 1.82) is 0 Å². The number of aromatic nitrogens is 6. The molecule has 62 heavy (non-hydrogen) atoms. The van der Waals surface area contributed by atoms with Gasteiger partial charge in [-0.15, -0.1) is 43.1 Å². The van der Waals surface area contributed by atoms with Crippen LogP contribution in [0.15, 0.2) is 58.5 Å². The molecule has 2 aliphatic heterocycles. The van der Waals surface area contributed by atoms with Crippen molar-refractivity contribution in [3.8, 4) is 10.0 Å². The molecule has 0 radical (unpaired) electrons. The van der Waals surface area contributed by atoms with Crippen molar-refractivity contribution in [1.82, 2.24) is 29.5 Å². The number of fused-ring (bicyclic) bond motifs is 6. The number of Topliss-reactive ketones (excluding diaryl/α,β-unsaturated/α-hetero) is 2. The molecule has 6 heterocycles. The van der Waals surface area contributed by atoms with E-state index in [0.29, 0.717) is 73.8 Å². The van der Waals surface area contributed by atoms with Gasteiger partial charge >= 0.3 is 0 Å². The summed E-state index contributed by atoms with van der Waals surface area (Å²) >= 11 is 15.9. The van der Waals surface area contributed by atoms with E-state index in [1.165, 1.54) is 9.75 Å². The van der Waals surface area contributed by atoms with E-state index in [2.05, 4.69) is 57.2 Å². The largest absolute Gasteiger partial charge is 0.379 e. The molecule has 0 aliphatic carbocycles. The summed E-state index contributed by atoms with van der Waals surface area (Å²) in [7, 11) is 0. The van der Waals surface area contributed by atoms with Gasteiger partial charge in [0.25, 0.3) is 0 Å². The van der Waals surface area contributed by atoms with Crippen molar-refractivity contribution >= 4 is 68.9 Å². The lowest BCUT2D eigenvalue weighted by atomic mass is 9.99. The standard InChI is InChI=1S/C46H48Cl2N8O4S2/c1-25-27(3)61-45-39(25)41(31-11-15-33(47)16-12-31)49-37(43-53-51-29(5)55(43)45)23-35(57)9-7-19-59-21-22-60-20-8-10-36(58)24-38-44-54-52-30(6)56(44)46-40(26(2)28(4)62-46)42(50-38)32-13-17-34(48)18-14-32/h11-18,37-38H,7-10,19-24H2,1-6H3. The van der Waals surface area contributed by atoms with Gasteiger partial charge in [0.1, 0.15) is 45.3 Å². The molecule has 2 atom stereocenters. The van der Waals surface area contributed by atoms with Gasteiger partial charge in [0, 0.05) is 81.0 Å². The third kappa shape index (κ3) is 9.04. The molecule has 6 aromatic rings. The van der Waals surface area contributed by atoms with Gasteiger partial charge in [-0.3, -0.25) is 28.7 Å². The Balaban J connectivity index is 0.801. The first-order chi connectivity index (χ1) is 29.9. The van der Waals surface area contributed by atoms with Gasteiger partial charge in [-0.25, -0.2) is 0 Å². The Kier molecular flexibility index (Phi) is 13.4. The summed E-state index contributed by atoms with van der Waals surface area (Å²) in [5, 5.41) is 21.2. The number of rotatable bonds is 17. The van der Waals surface area contributed by atoms with Crippen LogP contribution < -0.4 is 0 Å². The van der Waals surface area contributed by atoms with E-state index in [1.54, 1.807) is 22.7 Å². The number of ketones is 2. The topological polar surface area (TPSA) is 139 Å². The zero-order valence-corrected chi connectivity index (χ0v) is 38.8. The first-order valence-corrected chi connectivity index (χ1v) is 23.2. The van der Waals surface area contributed by atoms with Crippen LogP contribution in [0.2, 0.25) is 10.0 Å². The number of thiophene rings is 2. The molecule has 2 unspecified atom stereocenters. The molecular formula is C46H48Cl2N8O4S2. The Morgan fingerprint density at radius 1 is 0.581 bits per heavy atom. The molecule has 16 heteroatoms. The molecule has 0 saturated carbocycles. The lowest BCUT2D eigenvalue weighted by Crippen LogP contribution is -2.13. The molecule has 4 aromatic heterocycles. The molecular weight excluding hydrogens is 864 g/mol.